The van der Waals surface area contributed by atoms with E-state index in [2.05, 4.69) is 9.47 Å². The van der Waals surface area contributed by atoms with Crippen LogP contribution in [0.5, 0.6) is 0 Å². The Kier molecular flexibility index (Phi) is 3.52. The minimum atomic E-state index is -5.92. The Morgan fingerprint density at radius 3 is 2.04 bits per heavy atom. The Morgan fingerprint density at radius 1 is 1.00 bits per heavy atom. The van der Waals surface area contributed by atoms with Crippen molar-refractivity contribution in [3.63, 3.8) is 0 Å². The van der Waals surface area contributed by atoms with Crippen LogP contribution in [0.3, 0.4) is 0 Å². The molecule has 0 saturated heterocycles. The number of rotatable bonds is 3. The number of fused-ring (bicyclic) bond motifs is 5. The standard InChI is InChI=1S/C14H14F6O3/c1-22-12(13(15,16)17,14(18,19)20)23-11(21)9-5-8-6-2-3-7(4-6)10(8)9/h2-3,6-10H,4-5H2,1H3. The van der Waals surface area contributed by atoms with Crippen molar-refractivity contribution in [3.05, 3.63) is 12.2 Å². The zero-order valence-electron chi connectivity index (χ0n) is 11.9. The first-order valence-electron chi connectivity index (χ1n) is 7.11. The Balaban J connectivity index is 1.79. The van der Waals surface area contributed by atoms with Crippen molar-refractivity contribution in [3.8, 4) is 0 Å². The quantitative estimate of drug-likeness (QED) is 0.340. The summed E-state index contributed by atoms with van der Waals surface area (Å²) in [5.41, 5.74) is 0. The summed E-state index contributed by atoms with van der Waals surface area (Å²) in [4.78, 5) is 12.0. The first-order valence-corrected chi connectivity index (χ1v) is 7.11. The number of allylic oxidation sites excluding steroid dienone is 2. The Morgan fingerprint density at radius 2 is 1.57 bits per heavy atom. The molecule has 0 aromatic rings. The topological polar surface area (TPSA) is 35.5 Å². The van der Waals surface area contributed by atoms with Gasteiger partial charge in [-0.1, -0.05) is 12.2 Å². The normalized spacial score (nSPS) is 35.9. The minimum absolute atomic E-state index is 0.0324. The van der Waals surface area contributed by atoms with Gasteiger partial charge >= 0.3 is 24.1 Å². The summed E-state index contributed by atoms with van der Waals surface area (Å²) in [6.07, 6.45) is -6.92. The summed E-state index contributed by atoms with van der Waals surface area (Å²) in [5.74, 6) is -7.14. The second-order valence-electron chi connectivity index (χ2n) is 6.27. The molecule has 0 spiro atoms. The monoisotopic (exact) mass is 344 g/mol. The lowest BCUT2D eigenvalue weighted by Crippen LogP contribution is -2.62. The third kappa shape index (κ3) is 2.19. The van der Waals surface area contributed by atoms with E-state index in [9.17, 15) is 31.1 Å². The third-order valence-corrected chi connectivity index (χ3v) is 5.26. The van der Waals surface area contributed by atoms with Crippen LogP contribution in [0.15, 0.2) is 12.2 Å². The number of hydrogen-bond donors (Lipinski definition) is 0. The molecule has 3 aliphatic carbocycles. The number of carbonyl (C=O) groups excluding carboxylic acids is 1. The lowest BCUT2D eigenvalue weighted by molar-refractivity contribution is -0.452. The lowest BCUT2D eigenvalue weighted by Gasteiger charge is -2.45. The molecule has 0 radical (unpaired) electrons. The highest BCUT2D eigenvalue weighted by atomic mass is 19.4. The van der Waals surface area contributed by atoms with Crippen molar-refractivity contribution in [1.29, 1.82) is 0 Å². The Bertz CT molecular complexity index is 524. The van der Waals surface area contributed by atoms with Crippen molar-refractivity contribution >= 4 is 5.97 Å². The molecule has 2 saturated carbocycles. The molecule has 130 valence electrons. The zero-order chi connectivity index (χ0) is 17.2. The number of alkyl halides is 6. The largest absolute Gasteiger partial charge is 0.465 e. The van der Waals surface area contributed by atoms with Gasteiger partial charge in [-0.3, -0.25) is 4.79 Å². The van der Waals surface area contributed by atoms with Crippen LogP contribution in [-0.4, -0.2) is 31.2 Å². The van der Waals surface area contributed by atoms with Crippen molar-refractivity contribution in [2.75, 3.05) is 7.11 Å². The van der Waals surface area contributed by atoms with E-state index in [1.807, 2.05) is 12.2 Å². The van der Waals surface area contributed by atoms with Crippen molar-refractivity contribution < 1.29 is 40.6 Å². The molecule has 0 aliphatic heterocycles. The number of carbonyl (C=O) groups is 1. The first-order chi connectivity index (χ1) is 10.5. The van der Waals surface area contributed by atoms with Gasteiger partial charge in [0.15, 0.2) is 0 Å². The van der Waals surface area contributed by atoms with Gasteiger partial charge in [-0.2, -0.15) is 26.3 Å². The molecule has 3 nitrogen and oxygen atoms in total. The van der Waals surface area contributed by atoms with Crippen LogP contribution >= 0.6 is 0 Å². The summed E-state index contributed by atoms with van der Waals surface area (Å²) in [7, 11) is 0.220. The third-order valence-electron chi connectivity index (χ3n) is 5.26. The van der Waals surface area contributed by atoms with Crippen LogP contribution < -0.4 is 0 Å². The molecular weight excluding hydrogens is 330 g/mol. The average Bonchev–Trinajstić information content (AvgIpc) is 2.89. The van der Waals surface area contributed by atoms with E-state index in [1.54, 1.807) is 0 Å². The van der Waals surface area contributed by atoms with Gasteiger partial charge in [0.25, 0.3) is 0 Å². The van der Waals surface area contributed by atoms with Crippen LogP contribution in [-0.2, 0) is 14.3 Å². The van der Waals surface area contributed by atoms with Gasteiger partial charge in [0.05, 0.1) is 5.92 Å². The van der Waals surface area contributed by atoms with Gasteiger partial charge in [-0.15, -0.1) is 0 Å². The van der Waals surface area contributed by atoms with E-state index in [-0.39, 0.29) is 37.2 Å². The second kappa shape index (κ2) is 4.87. The maximum Gasteiger partial charge on any atom is 0.465 e. The van der Waals surface area contributed by atoms with Gasteiger partial charge in [0.2, 0.25) is 0 Å². The molecule has 0 aromatic carbocycles. The molecule has 2 fully saturated rings. The molecule has 0 heterocycles. The van der Waals surface area contributed by atoms with Gasteiger partial charge in [-0.25, -0.2) is 0 Å². The highest BCUT2D eigenvalue weighted by molar-refractivity contribution is 5.75. The van der Waals surface area contributed by atoms with Crippen molar-refractivity contribution in [1.82, 2.24) is 0 Å². The number of methoxy groups -OCH3 is 1. The van der Waals surface area contributed by atoms with E-state index < -0.39 is 30.0 Å². The van der Waals surface area contributed by atoms with E-state index in [4.69, 9.17) is 0 Å². The minimum Gasteiger partial charge on any atom is -0.416 e. The smallest absolute Gasteiger partial charge is 0.416 e. The highest BCUT2D eigenvalue weighted by Gasteiger charge is 2.77. The Labute approximate surface area is 127 Å². The number of halogens is 6. The van der Waals surface area contributed by atoms with Crippen LogP contribution in [0.2, 0.25) is 0 Å². The van der Waals surface area contributed by atoms with Crippen LogP contribution in [0, 0.1) is 29.6 Å². The molecule has 3 aliphatic rings. The van der Waals surface area contributed by atoms with Gasteiger partial charge in [-0.05, 0) is 36.5 Å². The molecule has 2 bridgehead atoms. The van der Waals surface area contributed by atoms with Crippen molar-refractivity contribution in [2.24, 2.45) is 29.6 Å². The van der Waals surface area contributed by atoms with Gasteiger partial charge in [0.1, 0.15) is 0 Å². The van der Waals surface area contributed by atoms with Crippen LogP contribution in [0.4, 0.5) is 26.3 Å². The van der Waals surface area contributed by atoms with Crippen LogP contribution in [0.1, 0.15) is 12.8 Å². The number of hydrogen-bond acceptors (Lipinski definition) is 3. The maximum absolute atomic E-state index is 12.9. The summed E-state index contributed by atoms with van der Waals surface area (Å²) < 4.78 is 84.9. The molecule has 0 aromatic heterocycles. The fourth-order valence-corrected chi connectivity index (χ4v) is 4.17. The average molecular weight is 344 g/mol. The Hall–Kier alpha value is -1.25. The second-order valence-corrected chi connectivity index (χ2v) is 6.27. The van der Waals surface area contributed by atoms with Crippen molar-refractivity contribution in [2.45, 2.75) is 31.0 Å². The number of ether oxygens (including phenoxy) is 2. The predicted molar refractivity (Wildman–Crippen MR) is 63.8 cm³/mol. The maximum atomic E-state index is 12.9. The molecule has 5 unspecified atom stereocenters. The summed E-state index contributed by atoms with van der Waals surface area (Å²) >= 11 is 0. The molecule has 23 heavy (non-hydrogen) atoms. The zero-order valence-corrected chi connectivity index (χ0v) is 11.9. The molecule has 9 heteroatoms. The molecule has 3 rings (SSSR count). The predicted octanol–water partition coefficient (Wildman–Crippen LogP) is 3.46. The summed E-state index contributed by atoms with van der Waals surface area (Å²) in [6.45, 7) is 0. The number of esters is 1. The van der Waals surface area contributed by atoms with E-state index in [0.717, 1.165) is 6.42 Å². The fourth-order valence-electron chi connectivity index (χ4n) is 4.17. The van der Waals surface area contributed by atoms with Gasteiger partial charge < -0.3 is 9.47 Å². The highest BCUT2D eigenvalue weighted by Crippen LogP contribution is 2.61. The fraction of sp³-hybridized carbons (Fsp3) is 0.786. The van der Waals surface area contributed by atoms with Gasteiger partial charge in [0, 0.05) is 7.11 Å². The summed E-state index contributed by atoms with van der Waals surface area (Å²) in [6, 6.07) is 0. The van der Waals surface area contributed by atoms with Crippen LogP contribution in [0.25, 0.3) is 0 Å². The molecule has 0 amide bonds. The summed E-state index contributed by atoms with van der Waals surface area (Å²) in [5, 5.41) is 0. The van der Waals surface area contributed by atoms with E-state index in [0.29, 0.717) is 0 Å². The molecule has 0 N–H and O–H groups in total. The molecular formula is C14H14F6O3. The first kappa shape index (κ1) is 16.6. The molecule has 5 atom stereocenters. The SMILES string of the molecule is COC(OC(=O)C1CC2C3C=CC(C3)C12)(C(F)(F)F)C(F)(F)F. The van der Waals surface area contributed by atoms with E-state index in [1.165, 1.54) is 0 Å². The lowest BCUT2D eigenvalue weighted by atomic mass is 9.60. The van der Waals surface area contributed by atoms with E-state index >= 15 is 0 Å².